The highest BCUT2D eigenvalue weighted by atomic mass is 35.5. The number of aliphatic carboxylic acids is 1. The molecular formula is C15H17ClO4. The van der Waals surface area contributed by atoms with Crippen LogP contribution < -0.4 is 9.47 Å². The maximum atomic E-state index is 11.1. The van der Waals surface area contributed by atoms with Gasteiger partial charge in [-0.25, -0.2) is 0 Å². The van der Waals surface area contributed by atoms with Crippen LogP contribution in [0.15, 0.2) is 6.07 Å². The molecule has 0 amide bonds. The zero-order valence-electron chi connectivity index (χ0n) is 11.3. The standard InChI is InChI=1S/C15H17ClO4/c1-19-12-6-11(10(7-13(17)18)8-2-3-8)14(16)9-4-5-20-15(9)12/h6,8,10H,2-5,7H2,1H3,(H,17,18). The van der Waals surface area contributed by atoms with E-state index >= 15 is 0 Å². The first-order valence-corrected chi connectivity index (χ1v) is 7.23. The molecule has 1 aromatic rings. The fourth-order valence-corrected chi connectivity index (χ4v) is 3.34. The number of carboxylic acid groups (broad SMARTS) is 1. The van der Waals surface area contributed by atoms with Crippen LogP contribution >= 0.6 is 11.6 Å². The van der Waals surface area contributed by atoms with Crippen molar-refractivity contribution in [2.75, 3.05) is 13.7 Å². The zero-order valence-corrected chi connectivity index (χ0v) is 12.1. The van der Waals surface area contributed by atoms with E-state index in [-0.39, 0.29) is 12.3 Å². The van der Waals surface area contributed by atoms with E-state index in [1.807, 2.05) is 6.07 Å². The number of benzene rings is 1. The van der Waals surface area contributed by atoms with Gasteiger partial charge in [0.1, 0.15) is 0 Å². The molecule has 0 saturated heterocycles. The van der Waals surface area contributed by atoms with E-state index in [9.17, 15) is 4.79 Å². The van der Waals surface area contributed by atoms with Crippen molar-refractivity contribution in [1.82, 2.24) is 0 Å². The summed E-state index contributed by atoms with van der Waals surface area (Å²) >= 11 is 6.50. The number of methoxy groups -OCH3 is 1. The van der Waals surface area contributed by atoms with Crippen LogP contribution in [0.1, 0.15) is 36.3 Å². The van der Waals surface area contributed by atoms with Gasteiger partial charge in [-0.05, 0) is 36.3 Å². The van der Waals surface area contributed by atoms with Gasteiger partial charge in [-0.3, -0.25) is 4.79 Å². The lowest BCUT2D eigenvalue weighted by atomic mass is 9.89. The molecule has 20 heavy (non-hydrogen) atoms. The van der Waals surface area contributed by atoms with E-state index in [1.54, 1.807) is 7.11 Å². The van der Waals surface area contributed by atoms with E-state index in [1.165, 1.54) is 0 Å². The lowest BCUT2D eigenvalue weighted by molar-refractivity contribution is -0.137. The maximum absolute atomic E-state index is 11.1. The van der Waals surface area contributed by atoms with Crippen molar-refractivity contribution in [3.63, 3.8) is 0 Å². The quantitative estimate of drug-likeness (QED) is 0.906. The molecule has 5 heteroatoms. The predicted molar refractivity (Wildman–Crippen MR) is 74.9 cm³/mol. The molecule has 0 aromatic heterocycles. The lowest BCUT2D eigenvalue weighted by Gasteiger charge is -2.19. The van der Waals surface area contributed by atoms with Crippen molar-refractivity contribution >= 4 is 17.6 Å². The van der Waals surface area contributed by atoms with E-state index < -0.39 is 5.97 Å². The van der Waals surface area contributed by atoms with E-state index in [2.05, 4.69) is 0 Å². The first kappa shape index (κ1) is 13.6. The summed E-state index contributed by atoms with van der Waals surface area (Å²) in [6.07, 6.45) is 3.02. The molecule has 2 aliphatic rings. The SMILES string of the molecule is COc1cc(C(CC(=O)O)C2CC2)c(Cl)c2c1OCC2. The largest absolute Gasteiger partial charge is 0.493 e. The second kappa shape index (κ2) is 5.17. The Hall–Kier alpha value is -1.42. The number of hydrogen-bond acceptors (Lipinski definition) is 3. The third kappa shape index (κ3) is 2.33. The van der Waals surface area contributed by atoms with Crippen LogP contribution in [0.4, 0.5) is 0 Å². The number of carbonyl (C=O) groups is 1. The molecule has 1 unspecified atom stereocenters. The summed E-state index contributed by atoms with van der Waals surface area (Å²) in [5.74, 6) is 0.987. The maximum Gasteiger partial charge on any atom is 0.303 e. The normalized spacial score (nSPS) is 18.3. The van der Waals surface area contributed by atoms with Crippen molar-refractivity contribution in [3.8, 4) is 11.5 Å². The van der Waals surface area contributed by atoms with Gasteiger partial charge in [0.2, 0.25) is 0 Å². The minimum atomic E-state index is -0.784. The minimum Gasteiger partial charge on any atom is -0.493 e. The van der Waals surface area contributed by atoms with Crippen LogP contribution in [-0.4, -0.2) is 24.8 Å². The van der Waals surface area contributed by atoms with Gasteiger partial charge in [0, 0.05) is 12.0 Å². The molecule has 0 radical (unpaired) electrons. The Kier molecular flexibility index (Phi) is 3.50. The summed E-state index contributed by atoms with van der Waals surface area (Å²) in [5.41, 5.74) is 1.86. The van der Waals surface area contributed by atoms with Crippen LogP contribution in [-0.2, 0) is 11.2 Å². The van der Waals surface area contributed by atoms with Gasteiger partial charge >= 0.3 is 5.97 Å². The molecule has 1 aliphatic heterocycles. The first-order valence-electron chi connectivity index (χ1n) is 6.85. The summed E-state index contributed by atoms with van der Waals surface area (Å²) < 4.78 is 10.9. The monoisotopic (exact) mass is 296 g/mol. The third-order valence-electron chi connectivity index (χ3n) is 4.11. The summed E-state index contributed by atoms with van der Waals surface area (Å²) in [7, 11) is 1.60. The number of carboxylic acids is 1. The average Bonchev–Trinajstić information content (AvgIpc) is 3.13. The van der Waals surface area contributed by atoms with Crippen LogP contribution in [0.25, 0.3) is 0 Å². The second-order valence-electron chi connectivity index (χ2n) is 5.43. The molecule has 1 atom stereocenters. The second-order valence-corrected chi connectivity index (χ2v) is 5.81. The molecule has 1 N–H and O–H groups in total. The highest BCUT2D eigenvalue weighted by Crippen LogP contribution is 2.51. The van der Waals surface area contributed by atoms with Gasteiger partial charge in [0.15, 0.2) is 11.5 Å². The Balaban J connectivity index is 2.05. The molecule has 1 saturated carbocycles. The molecule has 3 rings (SSSR count). The van der Waals surface area contributed by atoms with Crippen molar-refractivity contribution in [3.05, 3.63) is 22.2 Å². The van der Waals surface area contributed by atoms with Crippen LogP contribution in [0.2, 0.25) is 5.02 Å². The van der Waals surface area contributed by atoms with E-state index in [0.29, 0.717) is 29.0 Å². The Bertz CT molecular complexity index is 551. The topological polar surface area (TPSA) is 55.8 Å². The van der Waals surface area contributed by atoms with Gasteiger partial charge in [-0.2, -0.15) is 0 Å². The zero-order chi connectivity index (χ0) is 14.3. The van der Waals surface area contributed by atoms with Crippen LogP contribution in [0.3, 0.4) is 0 Å². The Morgan fingerprint density at radius 1 is 1.60 bits per heavy atom. The van der Waals surface area contributed by atoms with Crippen molar-refractivity contribution in [2.24, 2.45) is 5.92 Å². The highest BCUT2D eigenvalue weighted by molar-refractivity contribution is 6.32. The minimum absolute atomic E-state index is 0.0280. The summed E-state index contributed by atoms with van der Waals surface area (Å²) in [4.78, 5) is 11.1. The molecule has 4 nitrogen and oxygen atoms in total. The molecule has 108 valence electrons. The van der Waals surface area contributed by atoms with E-state index in [4.69, 9.17) is 26.2 Å². The molecule has 1 aliphatic carbocycles. The van der Waals surface area contributed by atoms with E-state index in [0.717, 1.165) is 30.4 Å². The number of ether oxygens (including phenoxy) is 2. The number of halogens is 1. The smallest absolute Gasteiger partial charge is 0.303 e. The number of rotatable bonds is 5. The lowest BCUT2D eigenvalue weighted by Crippen LogP contribution is -2.10. The van der Waals surface area contributed by atoms with Gasteiger partial charge in [0.25, 0.3) is 0 Å². The summed E-state index contributed by atoms with van der Waals surface area (Å²) in [6, 6.07) is 1.86. The summed E-state index contributed by atoms with van der Waals surface area (Å²) in [6.45, 7) is 0.599. The first-order chi connectivity index (χ1) is 9.61. The van der Waals surface area contributed by atoms with Crippen molar-refractivity contribution in [1.29, 1.82) is 0 Å². The van der Waals surface area contributed by atoms with Crippen LogP contribution in [0, 0.1) is 5.92 Å². The highest BCUT2D eigenvalue weighted by Gasteiger charge is 2.37. The Morgan fingerprint density at radius 3 is 2.95 bits per heavy atom. The van der Waals surface area contributed by atoms with Gasteiger partial charge < -0.3 is 14.6 Å². The van der Waals surface area contributed by atoms with Crippen LogP contribution in [0.5, 0.6) is 11.5 Å². The predicted octanol–water partition coefficient (Wildman–Crippen LogP) is 3.25. The Labute approximate surface area is 122 Å². The van der Waals surface area contributed by atoms with Crippen molar-refractivity contribution in [2.45, 2.75) is 31.6 Å². The summed E-state index contributed by atoms with van der Waals surface area (Å²) in [5, 5.41) is 9.80. The molecule has 1 fully saturated rings. The third-order valence-corrected chi connectivity index (χ3v) is 4.55. The molecular weight excluding hydrogens is 280 g/mol. The van der Waals surface area contributed by atoms with Gasteiger partial charge in [0.05, 0.1) is 25.2 Å². The van der Waals surface area contributed by atoms with Gasteiger partial charge in [-0.1, -0.05) is 11.6 Å². The molecule has 0 spiro atoms. The molecule has 1 heterocycles. The number of hydrogen-bond donors (Lipinski definition) is 1. The Morgan fingerprint density at radius 2 is 2.35 bits per heavy atom. The fourth-order valence-electron chi connectivity index (χ4n) is 2.97. The van der Waals surface area contributed by atoms with Gasteiger partial charge in [-0.15, -0.1) is 0 Å². The molecule has 0 bridgehead atoms. The fraction of sp³-hybridized carbons (Fsp3) is 0.533. The van der Waals surface area contributed by atoms with Crippen molar-refractivity contribution < 1.29 is 19.4 Å². The number of fused-ring (bicyclic) bond motifs is 1. The average molecular weight is 297 g/mol. The molecule has 1 aromatic carbocycles.